The molecule has 3 aromatic rings. The van der Waals surface area contributed by atoms with Crippen LogP contribution in [0.25, 0.3) is 0 Å². The Balaban J connectivity index is 1.64. The Labute approximate surface area is 244 Å². The summed E-state index contributed by atoms with van der Waals surface area (Å²) >= 11 is 0. The lowest BCUT2D eigenvalue weighted by Gasteiger charge is -2.32. The second-order valence-corrected chi connectivity index (χ2v) is 12.9. The van der Waals surface area contributed by atoms with Crippen LogP contribution < -0.4 is 9.62 Å². The van der Waals surface area contributed by atoms with E-state index in [0.717, 1.165) is 41.1 Å². The van der Waals surface area contributed by atoms with Crippen molar-refractivity contribution in [3.05, 3.63) is 96.1 Å². The van der Waals surface area contributed by atoms with Gasteiger partial charge in [-0.05, 0) is 67.5 Å². The summed E-state index contributed by atoms with van der Waals surface area (Å²) in [7, 11) is -4.06. The number of hydrogen-bond acceptors (Lipinski definition) is 4. The SMILES string of the molecule is CC(C)c1ccc(N(CC(=O)N(CCc2ccccc2)[C@H](C)C(=O)NC2CCCC2)S(=O)(=O)c2ccccc2)cc1. The average Bonchev–Trinajstić information content (AvgIpc) is 3.50. The molecule has 8 heteroatoms. The van der Waals surface area contributed by atoms with Gasteiger partial charge in [-0.25, -0.2) is 8.42 Å². The summed E-state index contributed by atoms with van der Waals surface area (Å²) in [5, 5.41) is 3.11. The Bertz CT molecular complexity index is 1390. The van der Waals surface area contributed by atoms with Crippen molar-refractivity contribution in [1.29, 1.82) is 0 Å². The molecular weight excluding hydrogens is 534 g/mol. The third-order valence-corrected chi connectivity index (χ3v) is 9.60. The molecule has 1 saturated carbocycles. The minimum absolute atomic E-state index is 0.101. The van der Waals surface area contributed by atoms with Crippen LogP contribution in [-0.2, 0) is 26.0 Å². The van der Waals surface area contributed by atoms with Gasteiger partial charge < -0.3 is 10.2 Å². The number of carbonyl (C=O) groups is 2. The molecule has 1 atom stereocenters. The number of anilines is 1. The van der Waals surface area contributed by atoms with Crippen molar-refractivity contribution in [2.75, 3.05) is 17.4 Å². The largest absolute Gasteiger partial charge is 0.352 e. The van der Waals surface area contributed by atoms with E-state index in [4.69, 9.17) is 0 Å². The molecule has 218 valence electrons. The highest BCUT2D eigenvalue weighted by atomic mass is 32.2. The van der Waals surface area contributed by atoms with Crippen LogP contribution in [0.15, 0.2) is 89.8 Å². The van der Waals surface area contributed by atoms with Gasteiger partial charge in [0.25, 0.3) is 10.0 Å². The van der Waals surface area contributed by atoms with Crippen LogP contribution in [-0.4, -0.2) is 50.3 Å². The predicted molar refractivity (Wildman–Crippen MR) is 163 cm³/mol. The van der Waals surface area contributed by atoms with E-state index in [9.17, 15) is 18.0 Å². The molecule has 0 saturated heterocycles. The van der Waals surface area contributed by atoms with E-state index in [1.807, 2.05) is 42.5 Å². The smallest absolute Gasteiger partial charge is 0.264 e. The molecule has 41 heavy (non-hydrogen) atoms. The highest BCUT2D eigenvalue weighted by Gasteiger charge is 2.33. The number of sulfonamides is 1. The first-order valence-electron chi connectivity index (χ1n) is 14.5. The van der Waals surface area contributed by atoms with Gasteiger partial charge in [0.1, 0.15) is 12.6 Å². The maximum atomic E-state index is 14.0. The fraction of sp³-hybridized carbons (Fsp3) is 0.394. The Morgan fingerprint density at radius 2 is 1.44 bits per heavy atom. The molecule has 1 fully saturated rings. The van der Waals surface area contributed by atoms with E-state index in [1.54, 1.807) is 37.3 Å². The number of amides is 2. The van der Waals surface area contributed by atoms with Crippen LogP contribution in [0.2, 0.25) is 0 Å². The monoisotopic (exact) mass is 575 g/mol. The fourth-order valence-electron chi connectivity index (χ4n) is 5.24. The summed E-state index contributed by atoms with van der Waals surface area (Å²) in [6.07, 6.45) is 4.58. The highest BCUT2D eigenvalue weighted by Crippen LogP contribution is 2.26. The molecule has 0 spiro atoms. The second kappa shape index (κ2) is 13.8. The fourth-order valence-corrected chi connectivity index (χ4v) is 6.67. The van der Waals surface area contributed by atoms with E-state index >= 15 is 0 Å². The molecule has 2 amide bonds. The summed E-state index contributed by atoms with van der Waals surface area (Å²) in [5.41, 5.74) is 2.50. The van der Waals surface area contributed by atoms with E-state index in [-0.39, 0.29) is 29.3 Å². The van der Waals surface area contributed by atoms with E-state index < -0.39 is 28.5 Å². The molecule has 1 aliphatic rings. The van der Waals surface area contributed by atoms with E-state index in [1.165, 1.54) is 17.0 Å². The molecule has 0 unspecified atom stereocenters. The number of nitrogens with one attached hydrogen (secondary N) is 1. The van der Waals surface area contributed by atoms with Crippen LogP contribution >= 0.6 is 0 Å². The number of carbonyl (C=O) groups excluding carboxylic acids is 2. The number of rotatable bonds is 12. The molecule has 4 rings (SSSR count). The molecule has 7 nitrogen and oxygen atoms in total. The Hall–Kier alpha value is -3.65. The van der Waals surface area contributed by atoms with Gasteiger partial charge in [0.15, 0.2) is 0 Å². The Kier molecular flexibility index (Phi) is 10.2. The molecule has 1 aliphatic carbocycles. The zero-order valence-electron chi connectivity index (χ0n) is 24.2. The van der Waals surface area contributed by atoms with Crippen LogP contribution in [0.1, 0.15) is 63.5 Å². The molecule has 3 aromatic carbocycles. The van der Waals surface area contributed by atoms with Gasteiger partial charge in [-0.1, -0.05) is 87.4 Å². The van der Waals surface area contributed by atoms with Gasteiger partial charge in [0.05, 0.1) is 10.6 Å². The number of nitrogens with zero attached hydrogens (tertiary/aromatic N) is 2. The van der Waals surface area contributed by atoms with Crippen molar-refractivity contribution < 1.29 is 18.0 Å². The van der Waals surface area contributed by atoms with Crippen LogP contribution in [0.4, 0.5) is 5.69 Å². The Morgan fingerprint density at radius 1 is 0.854 bits per heavy atom. The topological polar surface area (TPSA) is 86.8 Å². The molecule has 0 heterocycles. The quantitative estimate of drug-likeness (QED) is 0.308. The van der Waals surface area contributed by atoms with Gasteiger partial charge in [-0.3, -0.25) is 13.9 Å². The van der Waals surface area contributed by atoms with Crippen molar-refractivity contribution in [2.24, 2.45) is 0 Å². The van der Waals surface area contributed by atoms with Crippen molar-refractivity contribution in [1.82, 2.24) is 10.2 Å². The summed E-state index contributed by atoms with van der Waals surface area (Å²) in [6.45, 7) is 5.72. The maximum Gasteiger partial charge on any atom is 0.264 e. The first-order valence-corrected chi connectivity index (χ1v) is 15.9. The molecule has 0 bridgehead atoms. The zero-order chi connectivity index (χ0) is 29.4. The van der Waals surface area contributed by atoms with Crippen molar-refractivity contribution >= 4 is 27.5 Å². The molecule has 0 radical (unpaired) electrons. The lowest BCUT2D eigenvalue weighted by Crippen LogP contribution is -2.53. The van der Waals surface area contributed by atoms with E-state index in [2.05, 4.69) is 19.2 Å². The number of benzene rings is 3. The van der Waals surface area contributed by atoms with Crippen molar-refractivity contribution in [2.45, 2.75) is 75.8 Å². The zero-order valence-corrected chi connectivity index (χ0v) is 25.0. The lowest BCUT2D eigenvalue weighted by atomic mass is 10.0. The van der Waals surface area contributed by atoms with Crippen LogP contribution in [0, 0.1) is 0 Å². The third-order valence-electron chi connectivity index (χ3n) is 7.81. The normalized spacial score (nSPS) is 14.5. The summed E-state index contributed by atoms with van der Waals surface area (Å²) < 4.78 is 29.0. The number of hydrogen-bond donors (Lipinski definition) is 1. The first-order chi connectivity index (χ1) is 19.7. The summed E-state index contributed by atoms with van der Waals surface area (Å²) in [5.74, 6) is -0.364. The second-order valence-electron chi connectivity index (χ2n) is 11.1. The average molecular weight is 576 g/mol. The van der Waals surface area contributed by atoms with Gasteiger partial charge in [-0.2, -0.15) is 0 Å². The van der Waals surface area contributed by atoms with Gasteiger partial charge in [0.2, 0.25) is 11.8 Å². The summed E-state index contributed by atoms with van der Waals surface area (Å²) in [4.78, 5) is 28.9. The lowest BCUT2D eigenvalue weighted by molar-refractivity contribution is -0.139. The Morgan fingerprint density at radius 3 is 2.02 bits per heavy atom. The van der Waals surface area contributed by atoms with Crippen LogP contribution in [0.5, 0.6) is 0 Å². The maximum absolute atomic E-state index is 14.0. The first kappa shape index (κ1) is 30.3. The highest BCUT2D eigenvalue weighted by molar-refractivity contribution is 7.92. The molecule has 0 aliphatic heterocycles. The predicted octanol–water partition coefficient (Wildman–Crippen LogP) is 5.52. The van der Waals surface area contributed by atoms with E-state index in [0.29, 0.717) is 12.1 Å². The van der Waals surface area contributed by atoms with Gasteiger partial charge in [-0.15, -0.1) is 0 Å². The standard InChI is InChI=1S/C33H41N3O4S/c1-25(2)28-18-20-30(21-19-28)36(41(39,40)31-16-8-5-9-17-31)24-32(37)35(23-22-27-12-6-4-7-13-27)26(3)33(38)34-29-14-10-11-15-29/h4-9,12-13,16-21,25-26,29H,10-11,14-15,22-24H2,1-3H3,(H,34,38)/t26-/m1/s1. The van der Waals surface area contributed by atoms with Crippen LogP contribution in [0.3, 0.4) is 0 Å². The molecule has 0 aromatic heterocycles. The van der Waals surface area contributed by atoms with Gasteiger partial charge in [0, 0.05) is 12.6 Å². The third kappa shape index (κ3) is 7.76. The van der Waals surface area contributed by atoms with Crippen molar-refractivity contribution in [3.63, 3.8) is 0 Å². The summed E-state index contributed by atoms with van der Waals surface area (Å²) in [6, 6.07) is 24.5. The minimum Gasteiger partial charge on any atom is -0.352 e. The van der Waals surface area contributed by atoms with Crippen molar-refractivity contribution in [3.8, 4) is 0 Å². The molecule has 1 N–H and O–H groups in total. The minimum atomic E-state index is -4.06. The molecular formula is C33H41N3O4S. The van der Waals surface area contributed by atoms with Gasteiger partial charge >= 0.3 is 0 Å².